The number of aromatic nitrogens is 2. The van der Waals surface area contributed by atoms with Gasteiger partial charge in [-0.1, -0.05) is 6.07 Å². The van der Waals surface area contributed by atoms with Crippen LogP contribution in [0.5, 0.6) is 11.5 Å². The van der Waals surface area contributed by atoms with Gasteiger partial charge in [-0.2, -0.15) is 5.10 Å². The first-order valence-corrected chi connectivity index (χ1v) is 9.01. The first-order chi connectivity index (χ1) is 12.6. The predicted octanol–water partition coefficient (Wildman–Crippen LogP) is 2.32. The van der Waals surface area contributed by atoms with Crippen LogP contribution in [0.15, 0.2) is 18.2 Å². The number of nitrogens with zero attached hydrogens (tertiary/aromatic N) is 2. The van der Waals surface area contributed by atoms with Crippen molar-refractivity contribution in [3.05, 3.63) is 40.7 Å². The van der Waals surface area contributed by atoms with E-state index in [9.17, 15) is 9.90 Å². The summed E-state index contributed by atoms with van der Waals surface area (Å²) in [4.78, 5) is 13.8. The highest BCUT2D eigenvalue weighted by atomic mass is 16.6. The van der Waals surface area contributed by atoms with E-state index >= 15 is 0 Å². The summed E-state index contributed by atoms with van der Waals surface area (Å²) in [5, 5.41) is 17.4. The second kappa shape index (κ2) is 6.99. The number of carboxylic acids is 1. The third kappa shape index (κ3) is 3.14. The Morgan fingerprint density at radius 3 is 2.85 bits per heavy atom. The number of hydrogen-bond acceptors (Lipinski definition) is 5. The van der Waals surface area contributed by atoms with Gasteiger partial charge in [-0.05, 0) is 56.0 Å². The van der Waals surface area contributed by atoms with Gasteiger partial charge in [0.05, 0.1) is 5.69 Å². The zero-order valence-electron chi connectivity index (χ0n) is 14.8. The first-order valence-electron chi connectivity index (χ1n) is 9.01. The Bertz CT molecular complexity index is 817. The molecule has 1 aromatic heterocycles. The van der Waals surface area contributed by atoms with E-state index in [4.69, 9.17) is 9.47 Å². The fourth-order valence-electron chi connectivity index (χ4n) is 3.82. The molecule has 138 valence electrons. The molecular weight excluding hydrogens is 334 g/mol. The number of benzene rings is 1. The number of rotatable bonds is 5. The van der Waals surface area contributed by atoms with E-state index in [0.29, 0.717) is 36.8 Å². The third-order valence-electron chi connectivity index (χ3n) is 5.10. The number of aliphatic carboxylic acids is 1. The smallest absolute Gasteiger partial charge is 0.325 e. The lowest BCUT2D eigenvalue weighted by atomic mass is 9.95. The number of H-pyrrole nitrogens is 1. The van der Waals surface area contributed by atoms with Crippen LogP contribution in [0.4, 0.5) is 0 Å². The molecule has 1 atom stereocenters. The predicted molar refractivity (Wildman–Crippen MR) is 94.5 cm³/mol. The molecule has 2 heterocycles. The van der Waals surface area contributed by atoms with Gasteiger partial charge >= 0.3 is 5.97 Å². The number of ether oxygens (including phenoxy) is 2. The Morgan fingerprint density at radius 1 is 1.27 bits per heavy atom. The van der Waals surface area contributed by atoms with E-state index in [-0.39, 0.29) is 0 Å². The van der Waals surface area contributed by atoms with E-state index in [2.05, 4.69) is 10.2 Å². The molecule has 0 amide bonds. The quantitative estimate of drug-likeness (QED) is 0.854. The lowest BCUT2D eigenvalue weighted by Crippen LogP contribution is -2.31. The fourth-order valence-corrected chi connectivity index (χ4v) is 3.82. The molecule has 1 aromatic carbocycles. The molecule has 0 saturated carbocycles. The van der Waals surface area contributed by atoms with Crippen molar-refractivity contribution in [3.63, 3.8) is 0 Å². The van der Waals surface area contributed by atoms with Crippen LogP contribution in [0.1, 0.15) is 41.4 Å². The van der Waals surface area contributed by atoms with Crippen LogP contribution >= 0.6 is 0 Å². The summed E-state index contributed by atoms with van der Waals surface area (Å²) in [7, 11) is 1.82. The molecule has 2 aromatic rings. The van der Waals surface area contributed by atoms with Crippen LogP contribution in [-0.4, -0.2) is 46.4 Å². The summed E-state index contributed by atoms with van der Waals surface area (Å²) < 4.78 is 11.1. The molecule has 2 N–H and O–H groups in total. The van der Waals surface area contributed by atoms with Crippen LogP contribution < -0.4 is 9.47 Å². The SMILES string of the molecule is CN(Cc1n[nH]c2c1CCCC2)[C@H](C(=O)O)c1ccc2c(c1)OCCO2. The average molecular weight is 357 g/mol. The highest BCUT2D eigenvalue weighted by molar-refractivity contribution is 5.76. The van der Waals surface area contributed by atoms with Gasteiger partial charge in [-0.15, -0.1) is 0 Å². The number of carboxylic acid groups (broad SMARTS) is 1. The number of nitrogens with one attached hydrogen (secondary N) is 1. The molecule has 4 rings (SSSR count). The van der Waals surface area contributed by atoms with E-state index in [0.717, 1.165) is 25.0 Å². The molecule has 2 aliphatic rings. The van der Waals surface area contributed by atoms with Crippen molar-refractivity contribution < 1.29 is 19.4 Å². The minimum Gasteiger partial charge on any atom is -0.486 e. The molecule has 26 heavy (non-hydrogen) atoms. The molecule has 1 aliphatic carbocycles. The van der Waals surface area contributed by atoms with Crippen LogP contribution in [-0.2, 0) is 24.2 Å². The molecule has 0 spiro atoms. The van der Waals surface area contributed by atoms with E-state index < -0.39 is 12.0 Å². The Kier molecular flexibility index (Phi) is 4.55. The molecule has 0 unspecified atom stereocenters. The number of likely N-dealkylation sites (N-methyl/N-ethyl adjacent to an activating group) is 1. The second-order valence-electron chi connectivity index (χ2n) is 6.89. The Labute approximate surface area is 151 Å². The molecule has 0 saturated heterocycles. The zero-order chi connectivity index (χ0) is 18.1. The molecule has 7 nitrogen and oxygen atoms in total. The monoisotopic (exact) mass is 357 g/mol. The summed E-state index contributed by atoms with van der Waals surface area (Å²) in [6, 6.07) is 4.57. The summed E-state index contributed by atoms with van der Waals surface area (Å²) in [5.41, 5.74) is 4.08. The summed E-state index contributed by atoms with van der Waals surface area (Å²) in [5.74, 6) is 0.368. The van der Waals surface area contributed by atoms with Crippen LogP contribution in [0.2, 0.25) is 0 Å². The maximum atomic E-state index is 12.0. The highest BCUT2D eigenvalue weighted by Crippen LogP contribution is 2.34. The number of aromatic amines is 1. The van der Waals surface area contributed by atoms with E-state index in [1.165, 1.54) is 17.7 Å². The normalized spacial score (nSPS) is 17.0. The van der Waals surface area contributed by atoms with Crippen LogP contribution in [0.25, 0.3) is 0 Å². The molecule has 0 bridgehead atoms. The third-order valence-corrected chi connectivity index (χ3v) is 5.10. The van der Waals surface area contributed by atoms with Gasteiger partial charge in [0.2, 0.25) is 0 Å². The van der Waals surface area contributed by atoms with Crippen molar-refractivity contribution >= 4 is 5.97 Å². The molecule has 7 heteroatoms. The van der Waals surface area contributed by atoms with Gasteiger partial charge in [-0.25, -0.2) is 0 Å². The van der Waals surface area contributed by atoms with E-state index in [1.807, 2.05) is 11.9 Å². The Hall–Kier alpha value is -2.54. The minimum atomic E-state index is -0.895. The van der Waals surface area contributed by atoms with Crippen molar-refractivity contribution in [2.75, 3.05) is 20.3 Å². The standard InChI is InChI=1S/C19H23N3O4/c1-22(11-15-13-4-2-3-5-14(13)20-21-15)18(19(23)24)12-6-7-16-17(10-12)26-9-8-25-16/h6-7,10,18H,2-5,8-9,11H2,1H3,(H,20,21)(H,23,24)/t18-/m0/s1. The van der Waals surface area contributed by atoms with Gasteiger partial charge in [-0.3, -0.25) is 14.8 Å². The van der Waals surface area contributed by atoms with Crippen LogP contribution in [0, 0.1) is 0 Å². The summed E-state index contributed by atoms with van der Waals surface area (Å²) in [6.07, 6.45) is 4.38. The maximum absolute atomic E-state index is 12.0. The highest BCUT2D eigenvalue weighted by Gasteiger charge is 2.28. The maximum Gasteiger partial charge on any atom is 0.325 e. The minimum absolute atomic E-state index is 0.476. The van der Waals surface area contributed by atoms with Gasteiger partial charge in [0, 0.05) is 12.2 Å². The largest absolute Gasteiger partial charge is 0.486 e. The molecule has 0 radical (unpaired) electrons. The van der Waals surface area contributed by atoms with E-state index in [1.54, 1.807) is 18.2 Å². The number of hydrogen-bond donors (Lipinski definition) is 2. The van der Waals surface area contributed by atoms with Crippen molar-refractivity contribution in [2.45, 2.75) is 38.3 Å². The summed E-state index contributed by atoms with van der Waals surface area (Å²) >= 11 is 0. The van der Waals surface area contributed by atoms with Gasteiger partial charge < -0.3 is 14.6 Å². The van der Waals surface area contributed by atoms with Gasteiger partial charge in [0.15, 0.2) is 11.5 Å². The van der Waals surface area contributed by atoms with Gasteiger partial charge in [0.25, 0.3) is 0 Å². The fraction of sp³-hybridized carbons (Fsp3) is 0.474. The number of fused-ring (bicyclic) bond motifs is 2. The van der Waals surface area contributed by atoms with Crippen molar-refractivity contribution in [2.24, 2.45) is 0 Å². The Balaban J connectivity index is 1.58. The first kappa shape index (κ1) is 16.9. The van der Waals surface area contributed by atoms with Crippen molar-refractivity contribution in [1.29, 1.82) is 0 Å². The Morgan fingerprint density at radius 2 is 2.04 bits per heavy atom. The molecular formula is C19H23N3O4. The number of carbonyl (C=O) groups is 1. The molecule has 0 fully saturated rings. The topological polar surface area (TPSA) is 87.7 Å². The zero-order valence-corrected chi connectivity index (χ0v) is 14.8. The van der Waals surface area contributed by atoms with Gasteiger partial charge in [0.1, 0.15) is 19.3 Å². The lowest BCUT2D eigenvalue weighted by molar-refractivity contribution is -0.143. The van der Waals surface area contributed by atoms with Crippen molar-refractivity contribution in [3.8, 4) is 11.5 Å². The number of aryl methyl sites for hydroxylation is 1. The summed E-state index contributed by atoms with van der Waals surface area (Å²) in [6.45, 7) is 1.47. The van der Waals surface area contributed by atoms with Crippen LogP contribution in [0.3, 0.4) is 0 Å². The average Bonchev–Trinajstić information content (AvgIpc) is 3.04. The lowest BCUT2D eigenvalue weighted by Gasteiger charge is -2.26. The van der Waals surface area contributed by atoms with Crippen molar-refractivity contribution in [1.82, 2.24) is 15.1 Å². The second-order valence-corrected chi connectivity index (χ2v) is 6.89. The molecule has 1 aliphatic heterocycles.